The van der Waals surface area contributed by atoms with Gasteiger partial charge in [-0.1, -0.05) is 0 Å². The summed E-state index contributed by atoms with van der Waals surface area (Å²) in [6, 6.07) is 4.03. The summed E-state index contributed by atoms with van der Waals surface area (Å²) in [6.07, 6.45) is 3.48. The first-order chi connectivity index (χ1) is 10.0. The van der Waals surface area contributed by atoms with E-state index in [0.717, 1.165) is 29.7 Å². The smallest absolute Gasteiger partial charge is 0.143 e. The molecule has 1 saturated heterocycles. The van der Waals surface area contributed by atoms with Crippen molar-refractivity contribution in [1.29, 1.82) is 0 Å². The largest absolute Gasteiger partial charge is 0.305 e. The quantitative estimate of drug-likeness (QED) is 0.718. The minimum atomic E-state index is -0.276. The Bertz CT molecular complexity index is 662. The molecule has 114 valence electrons. The van der Waals surface area contributed by atoms with Crippen LogP contribution in [0.3, 0.4) is 0 Å². The SMILES string of the molecule is CC1CCCC(C)N1n1c(CCl)nc2cc(Br)c(F)cc21. The number of imidazole rings is 1. The van der Waals surface area contributed by atoms with Gasteiger partial charge in [-0.25, -0.2) is 14.1 Å². The van der Waals surface area contributed by atoms with Crippen LogP contribution in [0.1, 0.15) is 38.9 Å². The van der Waals surface area contributed by atoms with Crippen molar-refractivity contribution < 1.29 is 4.39 Å². The molecule has 0 spiro atoms. The highest BCUT2D eigenvalue weighted by Crippen LogP contribution is 2.29. The van der Waals surface area contributed by atoms with E-state index in [1.807, 2.05) is 4.68 Å². The second-order valence-corrected chi connectivity index (χ2v) is 6.86. The Kier molecular flexibility index (Phi) is 4.14. The zero-order valence-corrected chi connectivity index (χ0v) is 14.5. The number of aromatic nitrogens is 2. The van der Waals surface area contributed by atoms with Gasteiger partial charge >= 0.3 is 0 Å². The van der Waals surface area contributed by atoms with E-state index >= 15 is 0 Å². The van der Waals surface area contributed by atoms with E-state index in [0.29, 0.717) is 22.4 Å². The molecule has 1 fully saturated rings. The molecule has 2 heterocycles. The van der Waals surface area contributed by atoms with Gasteiger partial charge in [-0.05, 0) is 55.1 Å². The van der Waals surface area contributed by atoms with E-state index in [1.54, 1.807) is 6.07 Å². The molecule has 1 aliphatic heterocycles. The molecule has 6 heteroatoms. The Labute approximate surface area is 137 Å². The van der Waals surface area contributed by atoms with Gasteiger partial charge in [0, 0.05) is 18.2 Å². The van der Waals surface area contributed by atoms with Gasteiger partial charge in [-0.15, -0.1) is 11.6 Å². The molecule has 21 heavy (non-hydrogen) atoms. The lowest BCUT2D eigenvalue weighted by atomic mass is 10.00. The summed E-state index contributed by atoms with van der Waals surface area (Å²) in [5.41, 5.74) is 1.55. The van der Waals surface area contributed by atoms with E-state index in [1.165, 1.54) is 12.5 Å². The second kappa shape index (κ2) is 5.76. The van der Waals surface area contributed by atoms with Crippen LogP contribution in [0, 0.1) is 5.82 Å². The van der Waals surface area contributed by atoms with Crippen LogP contribution in [0.4, 0.5) is 4.39 Å². The fraction of sp³-hybridized carbons (Fsp3) is 0.533. The van der Waals surface area contributed by atoms with Gasteiger partial charge in [0.25, 0.3) is 0 Å². The van der Waals surface area contributed by atoms with Crippen molar-refractivity contribution >= 4 is 38.6 Å². The van der Waals surface area contributed by atoms with Crippen LogP contribution < -0.4 is 5.01 Å². The first kappa shape index (κ1) is 15.1. The molecule has 0 aliphatic carbocycles. The number of hydrogen-bond donors (Lipinski definition) is 0. The van der Waals surface area contributed by atoms with Crippen LogP contribution in [0.2, 0.25) is 0 Å². The average molecular weight is 375 g/mol. The van der Waals surface area contributed by atoms with Crippen LogP contribution in [0.15, 0.2) is 16.6 Å². The minimum Gasteiger partial charge on any atom is -0.305 e. The summed E-state index contributed by atoms with van der Waals surface area (Å²) < 4.78 is 16.4. The number of benzene rings is 1. The van der Waals surface area contributed by atoms with Crippen LogP contribution in [0.5, 0.6) is 0 Å². The van der Waals surface area contributed by atoms with Gasteiger partial charge in [0.15, 0.2) is 0 Å². The molecule has 2 aromatic rings. The van der Waals surface area contributed by atoms with Crippen LogP contribution in [-0.4, -0.2) is 21.7 Å². The molecule has 2 atom stereocenters. The predicted molar refractivity (Wildman–Crippen MR) is 87.9 cm³/mol. The van der Waals surface area contributed by atoms with Crippen molar-refractivity contribution in [3.63, 3.8) is 0 Å². The highest BCUT2D eigenvalue weighted by molar-refractivity contribution is 9.10. The Morgan fingerprint density at radius 2 is 2.00 bits per heavy atom. The number of halogens is 3. The third-order valence-electron chi connectivity index (χ3n) is 4.24. The topological polar surface area (TPSA) is 21.1 Å². The summed E-state index contributed by atoms with van der Waals surface area (Å²) in [5, 5.41) is 2.30. The van der Waals surface area contributed by atoms with E-state index < -0.39 is 0 Å². The predicted octanol–water partition coefficient (Wildman–Crippen LogP) is 4.58. The summed E-state index contributed by atoms with van der Waals surface area (Å²) in [5.74, 6) is 0.802. The van der Waals surface area contributed by atoms with Gasteiger partial charge < -0.3 is 5.01 Å². The summed E-state index contributed by atoms with van der Waals surface area (Å²) in [6.45, 7) is 4.41. The second-order valence-electron chi connectivity index (χ2n) is 5.74. The summed E-state index contributed by atoms with van der Waals surface area (Å²) in [7, 11) is 0. The maximum atomic E-state index is 14.0. The molecule has 0 N–H and O–H groups in total. The fourth-order valence-corrected chi connectivity index (χ4v) is 3.76. The molecular formula is C15H18BrClFN3. The molecule has 1 aromatic heterocycles. The number of piperidine rings is 1. The van der Waals surface area contributed by atoms with Gasteiger partial charge in [0.05, 0.1) is 21.4 Å². The lowest BCUT2D eigenvalue weighted by Gasteiger charge is -2.42. The van der Waals surface area contributed by atoms with Crippen molar-refractivity contribution in [3.05, 3.63) is 28.2 Å². The fourth-order valence-electron chi connectivity index (χ4n) is 3.26. The Balaban J connectivity index is 2.22. The van der Waals surface area contributed by atoms with Gasteiger partial charge in [0.1, 0.15) is 11.6 Å². The Hall–Kier alpha value is -0.810. The summed E-state index contributed by atoms with van der Waals surface area (Å²) >= 11 is 9.30. The molecule has 1 aromatic carbocycles. The molecule has 3 rings (SSSR count). The van der Waals surface area contributed by atoms with E-state index in [9.17, 15) is 4.39 Å². The number of rotatable bonds is 2. The number of nitrogens with zero attached hydrogens (tertiary/aromatic N) is 3. The number of fused-ring (bicyclic) bond motifs is 1. The van der Waals surface area contributed by atoms with Crippen molar-refractivity contribution in [1.82, 2.24) is 9.66 Å². The van der Waals surface area contributed by atoms with Gasteiger partial charge in [-0.3, -0.25) is 0 Å². The average Bonchev–Trinajstić information content (AvgIpc) is 2.77. The molecule has 0 bridgehead atoms. The maximum absolute atomic E-state index is 14.0. The Morgan fingerprint density at radius 1 is 1.33 bits per heavy atom. The summed E-state index contributed by atoms with van der Waals surface area (Å²) in [4.78, 5) is 4.57. The molecule has 0 amide bonds. The van der Waals surface area contributed by atoms with Crippen molar-refractivity contribution in [2.24, 2.45) is 0 Å². The molecule has 0 saturated carbocycles. The Morgan fingerprint density at radius 3 is 2.62 bits per heavy atom. The molecule has 0 radical (unpaired) electrons. The zero-order chi connectivity index (χ0) is 15.1. The first-order valence-electron chi connectivity index (χ1n) is 7.24. The van der Waals surface area contributed by atoms with Gasteiger partial charge in [-0.2, -0.15) is 0 Å². The van der Waals surface area contributed by atoms with Crippen LogP contribution in [-0.2, 0) is 5.88 Å². The minimum absolute atomic E-state index is 0.276. The van der Waals surface area contributed by atoms with Crippen molar-refractivity contribution in [2.75, 3.05) is 5.01 Å². The highest BCUT2D eigenvalue weighted by Gasteiger charge is 2.28. The van der Waals surface area contributed by atoms with Crippen LogP contribution >= 0.6 is 27.5 Å². The highest BCUT2D eigenvalue weighted by atomic mass is 79.9. The lowest BCUT2D eigenvalue weighted by Crippen LogP contribution is -2.51. The third kappa shape index (κ3) is 2.55. The molecule has 3 nitrogen and oxygen atoms in total. The molecular weight excluding hydrogens is 357 g/mol. The van der Waals surface area contributed by atoms with E-state index in [2.05, 4.69) is 39.8 Å². The van der Waals surface area contributed by atoms with E-state index in [4.69, 9.17) is 11.6 Å². The van der Waals surface area contributed by atoms with Crippen molar-refractivity contribution in [2.45, 2.75) is 51.1 Å². The van der Waals surface area contributed by atoms with Crippen molar-refractivity contribution in [3.8, 4) is 0 Å². The first-order valence-corrected chi connectivity index (χ1v) is 8.56. The van der Waals surface area contributed by atoms with Gasteiger partial charge in [0.2, 0.25) is 0 Å². The molecule has 2 unspecified atom stereocenters. The zero-order valence-electron chi connectivity index (χ0n) is 12.1. The number of alkyl halides is 1. The van der Waals surface area contributed by atoms with Crippen LogP contribution in [0.25, 0.3) is 11.0 Å². The number of hydrogen-bond acceptors (Lipinski definition) is 2. The molecule has 1 aliphatic rings. The maximum Gasteiger partial charge on any atom is 0.143 e. The lowest BCUT2D eigenvalue weighted by molar-refractivity contribution is 0.337. The third-order valence-corrected chi connectivity index (χ3v) is 5.08. The standard InChI is InChI=1S/C15H18BrClFN3/c1-9-4-3-5-10(2)20(9)21-14-7-12(18)11(16)6-13(14)19-15(21)8-17/h6-7,9-10H,3-5,8H2,1-2H3. The van der Waals surface area contributed by atoms with E-state index in [-0.39, 0.29) is 5.82 Å². The monoisotopic (exact) mass is 373 g/mol. The normalized spacial score (nSPS) is 23.0.